The zero-order valence-electron chi connectivity index (χ0n) is 11.0. The Morgan fingerprint density at radius 3 is 2.52 bits per heavy atom. The zero-order valence-corrected chi connectivity index (χ0v) is 11.0. The fraction of sp³-hybridized carbons (Fsp3) is 0.154. The van der Waals surface area contributed by atoms with E-state index in [0.29, 0.717) is 0 Å². The van der Waals surface area contributed by atoms with Crippen LogP contribution in [-0.2, 0) is 4.74 Å². The molecule has 2 rings (SSSR count). The van der Waals surface area contributed by atoms with E-state index >= 15 is 0 Å². The third-order valence-corrected chi connectivity index (χ3v) is 2.67. The van der Waals surface area contributed by atoms with Crippen molar-refractivity contribution in [2.24, 2.45) is 0 Å². The van der Waals surface area contributed by atoms with Crippen LogP contribution in [0, 0.1) is 5.82 Å². The van der Waals surface area contributed by atoms with Gasteiger partial charge in [0.25, 0.3) is 0 Å². The second-order valence-electron chi connectivity index (χ2n) is 3.91. The number of nitrogens with zero attached hydrogens (tertiary/aromatic N) is 1. The first-order valence-corrected chi connectivity index (χ1v) is 5.64. The summed E-state index contributed by atoms with van der Waals surface area (Å²) in [5.74, 6) is -3.59. The molecule has 1 heterocycles. The molecule has 110 valence electrons. The largest absolute Gasteiger partial charge is 0.493 e. The van der Waals surface area contributed by atoms with Crippen molar-refractivity contribution in [2.75, 3.05) is 14.2 Å². The molecule has 0 saturated heterocycles. The van der Waals surface area contributed by atoms with Crippen molar-refractivity contribution in [2.45, 2.75) is 0 Å². The molecule has 0 amide bonds. The normalized spacial score (nSPS) is 10.2. The second-order valence-corrected chi connectivity index (χ2v) is 3.91. The van der Waals surface area contributed by atoms with Gasteiger partial charge >= 0.3 is 11.9 Å². The number of carbonyl (C=O) groups is 2. The summed E-state index contributed by atoms with van der Waals surface area (Å²) >= 11 is 0. The molecule has 1 N–H and O–H groups in total. The summed E-state index contributed by atoms with van der Waals surface area (Å²) in [6, 6.07) is 3.44. The molecule has 8 heteroatoms. The molecule has 0 fully saturated rings. The van der Waals surface area contributed by atoms with Crippen molar-refractivity contribution in [3.05, 3.63) is 35.3 Å². The lowest BCUT2D eigenvalue weighted by atomic mass is 10.1. The van der Waals surface area contributed by atoms with Crippen LogP contribution in [0.3, 0.4) is 0 Å². The molecule has 0 bridgehead atoms. The van der Waals surface area contributed by atoms with Gasteiger partial charge in [0.05, 0.1) is 14.2 Å². The van der Waals surface area contributed by atoms with Gasteiger partial charge in [-0.15, -0.1) is 0 Å². The van der Waals surface area contributed by atoms with Crippen molar-refractivity contribution in [1.29, 1.82) is 0 Å². The number of halogens is 1. The van der Waals surface area contributed by atoms with E-state index in [9.17, 15) is 14.0 Å². The Morgan fingerprint density at radius 2 is 2.00 bits per heavy atom. The maximum atomic E-state index is 14.0. The Labute approximate surface area is 117 Å². The van der Waals surface area contributed by atoms with Crippen LogP contribution in [0.5, 0.6) is 5.75 Å². The fourth-order valence-electron chi connectivity index (χ4n) is 1.72. The van der Waals surface area contributed by atoms with E-state index in [1.807, 2.05) is 0 Å². The highest BCUT2D eigenvalue weighted by molar-refractivity contribution is 5.94. The number of hydrogen-bond donors (Lipinski definition) is 1. The molecular formula is C13H10FNO6. The van der Waals surface area contributed by atoms with Crippen molar-refractivity contribution in [3.63, 3.8) is 0 Å². The summed E-state index contributed by atoms with van der Waals surface area (Å²) < 4.78 is 27.9. The summed E-state index contributed by atoms with van der Waals surface area (Å²) in [4.78, 5) is 22.4. The molecule has 0 aliphatic heterocycles. The van der Waals surface area contributed by atoms with E-state index in [4.69, 9.17) is 9.84 Å². The van der Waals surface area contributed by atoms with Gasteiger partial charge in [0.1, 0.15) is 11.3 Å². The lowest BCUT2D eigenvalue weighted by molar-refractivity contribution is 0.0594. The molecule has 1 aromatic heterocycles. The average Bonchev–Trinajstić information content (AvgIpc) is 2.95. The highest BCUT2D eigenvalue weighted by Gasteiger charge is 2.21. The molecule has 21 heavy (non-hydrogen) atoms. The minimum Gasteiger partial charge on any atom is -0.493 e. The first kappa shape index (κ1) is 14.5. The van der Waals surface area contributed by atoms with Gasteiger partial charge in [-0.1, -0.05) is 5.16 Å². The van der Waals surface area contributed by atoms with Crippen molar-refractivity contribution < 1.29 is 33.1 Å². The quantitative estimate of drug-likeness (QED) is 0.861. The van der Waals surface area contributed by atoms with Crippen molar-refractivity contribution in [1.82, 2.24) is 5.16 Å². The lowest BCUT2D eigenvalue weighted by Crippen LogP contribution is -2.06. The first-order chi connectivity index (χ1) is 9.97. The van der Waals surface area contributed by atoms with Gasteiger partial charge in [0.15, 0.2) is 11.6 Å². The van der Waals surface area contributed by atoms with Gasteiger partial charge in [-0.2, -0.15) is 0 Å². The van der Waals surface area contributed by atoms with Gasteiger partial charge in [0, 0.05) is 11.6 Å². The molecule has 0 aliphatic rings. The first-order valence-electron chi connectivity index (χ1n) is 5.64. The summed E-state index contributed by atoms with van der Waals surface area (Å²) in [5.41, 5.74) is 0.0823. The number of carbonyl (C=O) groups excluding carboxylic acids is 1. The third kappa shape index (κ3) is 2.69. The topological polar surface area (TPSA) is 98.9 Å². The van der Waals surface area contributed by atoms with E-state index in [1.165, 1.54) is 13.2 Å². The molecule has 0 unspecified atom stereocenters. The molecule has 0 radical (unpaired) electrons. The maximum Gasteiger partial charge on any atom is 0.374 e. The Bertz CT molecular complexity index is 709. The van der Waals surface area contributed by atoms with Crippen LogP contribution >= 0.6 is 0 Å². The molecule has 1 aromatic carbocycles. The van der Waals surface area contributed by atoms with Crippen LogP contribution in [0.4, 0.5) is 4.39 Å². The molecular weight excluding hydrogens is 285 g/mol. The van der Waals surface area contributed by atoms with Gasteiger partial charge in [-0.05, 0) is 12.1 Å². The Kier molecular flexibility index (Phi) is 3.88. The predicted molar refractivity (Wildman–Crippen MR) is 66.7 cm³/mol. The molecule has 0 saturated carbocycles. The minimum atomic E-state index is -1.31. The standard InChI is InChI=1S/C13H10FNO6/c1-19-11-7(13(18)20-2)3-6(4-8(11)14)9-5-10(12(16)17)21-15-9/h3-5H,1-2H3,(H,16,17). The average molecular weight is 295 g/mol. The summed E-state index contributed by atoms with van der Waals surface area (Å²) in [7, 11) is 2.36. The molecule has 0 atom stereocenters. The van der Waals surface area contributed by atoms with Gasteiger partial charge in [0.2, 0.25) is 5.76 Å². The lowest BCUT2D eigenvalue weighted by Gasteiger charge is -2.09. The number of carboxylic acid groups (broad SMARTS) is 1. The van der Waals surface area contributed by atoms with Crippen molar-refractivity contribution >= 4 is 11.9 Å². The van der Waals surface area contributed by atoms with E-state index in [1.54, 1.807) is 0 Å². The van der Waals surface area contributed by atoms with Gasteiger partial charge in [-0.3, -0.25) is 0 Å². The maximum absolute atomic E-state index is 14.0. The smallest absolute Gasteiger partial charge is 0.374 e. The van der Waals surface area contributed by atoms with Crippen LogP contribution in [0.1, 0.15) is 20.9 Å². The monoisotopic (exact) mass is 295 g/mol. The minimum absolute atomic E-state index is 0.0686. The van der Waals surface area contributed by atoms with E-state index in [-0.39, 0.29) is 22.6 Å². The number of methoxy groups -OCH3 is 2. The Balaban J connectivity index is 2.56. The number of benzene rings is 1. The number of hydrogen-bond acceptors (Lipinski definition) is 6. The predicted octanol–water partition coefficient (Wildman–Crippen LogP) is 1.97. The second kappa shape index (κ2) is 5.61. The number of esters is 1. The number of aromatic carboxylic acids is 1. The molecule has 2 aromatic rings. The summed E-state index contributed by atoms with van der Waals surface area (Å²) in [6.07, 6.45) is 0. The Morgan fingerprint density at radius 1 is 1.29 bits per heavy atom. The van der Waals surface area contributed by atoms with Crippen LogP contribution < -0.4 is 4.74 Å². The van der Waals surface area contributed by atoms with Crippen LogP contribution in [-0.4, -0.2) is 36.4 Å². The van der Waals surface area contributed by atoms with Gasteiger partial charge < -0.3 is 19.1 Å². The zero-order chi connectivity index (χ0) is 15.6. The number of carboxylic acids is 1. The highest BCUT2D eigenvalue weighted by Crippen LogP contribution is 2.30. The van der Waals surface area contributed by atoms with E-state index < -0.39 is 23.5 Å². The fourth-order valence-corrected chi connectivity index (χ4v) is 1.72. The summed E-state index contributed by atoms with van der Waals surface area (Å²) in [5, 5.41) is 12.3. The molecule has 7 nitrogen and oxygen atoms in total. The number of ether oxygens (including phenoxy) is 2. The third-order valence-electron chi connectivity index (χ3n) is 2.67. The summed E-state index contributed by atoms with van der Waals surface area (Å²) in [6.45, 7) is 0. The Hall–Kier alpha value is -2.90. The van der Waals surface area contributed by atoms with Crippen molar-refractivity contribution in [3.8, 4) is 17.0 Å². The molecule has 0 spiro atoms. The van der Waals surface area contributed by atoms with E-state index in [0.717, 1.165) is 19.2 Å². The number of aromatic nitrogens is 1. The number of rotatable bonds is 4. The van der Waals surface area contributed by atoms with Crippen LogP contribution in [0.2, 0.25) is 0 Å². The highest BCUT2D eigenvalue weighted by atomic mass is 19.1. The van der Waals surface area contributed by atoms with Crippen LogP contribution in [0.15, 0.2) is 22.7 Å². The van der Waals surface area contributed by atoms with Gasteiger partial charge in [-0.25, -0.2) is 14.0 Å². The van der Waals surface area contributed by atoms with Crippen LogP contribution in [0.25, 0.3) is 11.3 Å². The SMILES string of the molecule is COC(=O)c1cc(-c2cc(C(=O)O)on2)cc(F)c1OC. The van der Waals surface area contributed by atoms with E-state index in [2.05, 4.69) is 14.4 Å². The molecule has 0 aliphatic carbocycles.